The predicted molar refractivity (Wildman–Crippen MR) is 124 cm³/mol. The number of amides is 1. The monoisotopic (exact) mass is 424 g/mol. The molecule has 0 saturated carbocycles. The van der Waals surface area contributed by atoms with Crippen LogP contribution in [-0.2, 0) is 6.42 Å². The van der Waals surface area contributed by atoms with Gasteiger partial charge in [0.15, 0.2) is 0 Å². The average molecular weight is 425 g/mol. The number of hydrogen-bond acceptors (Lipinski definition) is 3. The molecule has 0 atom stereocenters. The first kappa shape index (κ1) is 22.1. The fourth-order valence-corrected chi connectivity index (χ4v) is 3.90. The summed E-state index contributed by atoms with van der Waals surface area (Å²) in [7, 11) is 1.99. The number of aromatic nitrogens is 2. The molecule has 4 rings (SSSR count). The fraction of sp³-hybridized carbons (Fsp3) is 0.333. The Labute approximate surface area is 184 Å². The molecule has 0 aliphatic carbocycles. The minimum Gasteiger partial charge on any atom is -0.338 e. The maximum atomic E-state index is 13.4. The number of carbonyl (C=O) groups excluding carboxylic acids is 1. The first-order chi connectivity index (χ1) is 14.2. The molecule has 3 aromatic rings. The van der Waals surface area contributed by atoms with Crippen LogP contribution in [-0.4, -0.2) is 46.8 Å². The normalized spacial score (nSPS) is 14.4. The lowest BCUT2D eigenvalue weighted by molar-refractivity contribution is 0.0708. The quantitative estimate of drug-likeness (QED) is 0.662. The highest BCUT2D eigenvalue weighted by molar-refractivity contribution is 6.00. The lowest BCUT2D eigenvalue weighted by Gasteiger charge is -2.31. The van der Waals surface area contributed by atoms with Gasteiger partial charge in [0.05, 0.1) is 11.3 Å². The molecule has 0 spiro atoms. The van der Waals surface area contributed by atoms with Crippen molar-refractivity contribution in [1.82, 2.24) is 20.0 Å². The van der Waals surface area contributed by atoms with E-state index in [-0.39, 0.29) is 18.3 Å². The number of benzene rings is 2. The highest BCUT2D eigenvalue weighted by Gasteiger charge is 2.27. The van der Waals surface area contributed by atoms with Gasteiger partial charge in [0.2, 0.25) is 0 Å². The van der Waals surface area contributed by atoms with Gasteiger partial charge >= 0.3 is 0 Å². The van der Waals surface area contributed by atoms with E-state index < -0.39 is 0 Å². The van der Waals surface area contributed by atoms with E-state index in [1.165, 1.54) is 5.56 Å². The molecule has 1 aliphatic rings. The van der Waals surface area contributed by atoms with Gasteiger partial charge in [-0.1, -0.05) is 49.4 Å². The van der Waals surface area contributed by atoms with Crippen LogP contribution in [0, 0.1) is 0 Å². The highest BCUT2D eigenvalue weighted by atomic mass is 35.5. The Bertz CT molecular complexity index is 961. The molecule has 1 fully saturated rings. The van der Waals surface area contributed by atoms with E-state index in [4.69, 9.17) is 5.10 Å². The summed E-state index contributed by atoms with van der Waals surface area (Å²) in [6.07, 6.45) is 4.83. The molecule has 30 heavy (non-hydrogen) atoms. The molecule has 6 heteroatoms. The summed E-state index contributed by atoms with van der Waals surface area (Å²) in [6.45, 7) is 3.69. The van der Waals surface area contributed by atoms with E-state index in [1.807, 2.05) is 53.2 Å². The summed E-state index contributed by atoms with van der Waals surface area (Å²) < 4.78 is 1.82. The van der Waals surface area contributed by atoms with Crippen molar-refractivity contribution in [2.45, 2.75) is 32.2 Å². The van der Waals surface area contributed by atoms with Crippen LogP contribution >= 0.6 is 12.4 Å². The molecule has 0 bridgehead atoms. The van der Waals surface area contributed by atoms with Crippen LogP contribution in [0.4, 0.5) is 0 Å². The third-order valence-electron chi connectivity index (χ3n) is 5.79. The molecule has 1 aromatic heterocycles. The molecule has 1 N–H and O–H groups in total. The molecule has 1 saturated heterocycles. The summed E-state index contributed by atoms with van der Waals surface area (Å²) in [6, 6.07) is 18.8. The van der Waals surface area contributed by atoms with E-state index in [9.17, 15) is 4.79 Å². The summed E-state index contributed by atoms with van der Waals surface area (Å²) >= 11 is 0. The number of likely N-dealkylation sites (tertiary alicyclic amines) is 1. The van der Waals surface area contributed by atoms with Crippen molar-refractivity contribution in [2.24, 2.45) is 0 Å². The largest absolute Gasteiger partial charge is 0.338 e. The smallest absolute Gasteiger partial charge is 0.257 e. The number of carbonyl (C=O) groups is 1. The zero-order chi connectivity index (χ0) is 20.2. The van der Waals surface area contributed by atoms with Crippen LogP contribution in [0.1, 0.15) is 35.7 Å². The lowest BCUT2D eigenvalue weighted by Crippen LogP contribution is -2.44. The number of piperidine rings is 1. The third-order valence-corrected chi connectivity index (χ3v) is 5.79. The van der Waals surface area contributed by atoms with Gasteiger partial charge in [0, 0.05) is 30.9 Å². The van der Waals surface area contributed by atoms with Crippen molar-refractivity contribution in [3.63, 3.8) is 0 Å². The molecule has 158 valence electrons. The van der Waals surface area contributed by atoms with Crippen molar-refractivity contribution in [3.05, 3.63) is 71.9 Å². The van der Waals surface area contributed by atoms with Crippen LogP contribution in [0.25, 0.3) is 16.9 Å². The van der Waals surface area contributed by atoms with Crippen LogP contribution < -0.4 is 5.32 Å². The Kier molecular flexibility index (Phi) is 7.29. The molecular weight excluding hydrogens is 396 g/mol. The molecule has 2 heterocycles. The topological polar surface area (TPSA) is 50.2 Å². The zero-order valence-corrected chi connectivity index (χ0v) is 18.4. The van der Waals surface area contributed by atoms with Gasteiger partial charge in [0.1, 0.15) is 5.69 Å². The van der Waals surface area contributed by atoms with Gasteiger partial charge in [-0.25, -0.2) is 4.68 Å². The fourth-order valence-electron chi connectivity index (χ4n) is 3.90. The summed E-state index contributed by atoms with van der Waals surface area (Å²) in [5.74, 6) is 0.0660. The van der Waals surface area contributed by atoms with Gasteiger partial charge in [-0.2, -0.15) is 5.10 Å². The van der Waals surface area contributed by atoms with E-state index in [0.717, 1.165) is 49.3 Å². The Morgan fingerprint density at radius 1 is 1.07 bits per heavy atom. The van der Waals surface area contributed by atoms with Crippen molar-refractivity contribution in [2.75, 3.05) is 20.1 Å². The van der Waals surface area contributed by atoms with Crippen molar-refractivity contribution < 1.29 is 4.79 Å². The summed E-state index contributed by atoms with van der Waals surface area (Å²) in [5.41, 5.74) is 4.62. The van der Waals surface area contributed by atoms with Crippen LogP contribution in [0.5, 0.6) is 0 Å². The van der Waals surface area contributed by atoms with E-state index in [2.05, 4.69) is 36.5 Å². The van der Waals surface area contributed by atoms with Gasteiger partial charge in [-0.05, 0) is 44.0 Å². The van der Waals surface area contributed by atoms with E-state index in [1.54, 1.807) is 0 Å². The second-order valence-electron chi connectivity index (χ2n) is 7.58. The second kappa shape index (κ2) is 9.92. The molecule has 0 radical (unpaired) electrons. The van der Waals surface area contributed by atoms with Crippen molar-refractivity contribution in [1.29, 1.82) is 0 Å². The van der Waals surface area contributed by atoms with Crippen molar-refractivity contribution in [3.8, 4) is 16.9 Å². The summed E-state index contributed by atoms with van der Waals surface area (Å²) in [4.78, 5) is 15.4. The first-order valence-electron chi connectivity index (χ1n) is 10.4. The maximum absolute atomic E-state index is 13.4. The third kappa shape index (κ3) is 4.58. The Morgan fingerprint density at radius 2 is 1.73 bits per heavy atom. The Morgan fingerprint density at radius 3 is 2.33 bits per heavy atom. The second-order valence-corrected chi connectivity index (χ2v) is 7.58. The van der Waals surface area contributed by atoms with Crippen LogP contribution in [0.3, 0.4) is 0 Å². The SMILES string of the molecule is CCc1ccc(-c2nn(-c3ccccc3)cc2C(=O)N2CCC(NC)CC2)cc1.Cl. The lowest BCUT2D eigenvalue weighted by atomic mass is 10.0. The predicted octanol–water partition coefficient (Wildman–Crippen LogP) is 4.35. The number of nitrogens with one attached hydrogen (secondary N) is 1. The first-order valence-corrected chi connectivity index (χ1v) is 10.4. The van der Waals surface area contributed by atoms with Gasteiger partial charge in [-0.3, -0.25) is 4.79 Å². The Balaban J connectivity index is 0.00000256. The zero-order valence-electron chi connectivity index (χ0n) is 17.5. The Hall–Kier alpha value is -2.63. The van der Waals surface area contributed by atoms with Crippen molar-refractivity contribution >= 4 is 18.3 Å². The average Bonchev–Trinajstić information content (AvgIpc) is 3.25. The van der Waals surface area contributed by atoms with Gasteiger partial charge < -0.3 is 10.2 Å². The molecule has 5 nitrogen and oxygen atoms in total. The number of rotatable bonds is 5. The van der Waals surface area contributed by atoms with E-state index >= 15 is 0 Å². The molecule has 1 aliphatic heterocycles. The molecule has 0 unspecified atom stereocenters. The van der Waals surface area contributed by atoms with Gasteiger partial charge in [0.25, 0.3) is 5.91 Å². The highest BCUT2D eigenvalue weighted by Crippen LogP contribution is 2.26. The number of nitrogens with zero attached hydrogens (tertiary/aromatic N) is 3. The van der Waals surface area contributed by atoms with E-state index in [0.29, 0.717) is 11.6 Å². The number of aryl methyl sites for hydroxylation is 1. The molecule has 2 aromatic carbocycles. The standard InChI is InChI=1S/C24H28N4O.ClH/c1-3-18-9-11-19(12-10-18)23-22(17-28(26-23)21-7-5-4-6-8-21)24(29)27-15-13-20(25-2)14-16-27;/h4-12,17,20,25H,3,13-16H2,1-2H3;1H. The number of para-hydroxylation sites is 1. The maximum Gasteiger partial charge on any atom is 0.257 e. The molecule has 1 amide bonds. The number of halogens is 1. The molecular formula is C24H29ClN4O. The minimum absolute atomic E-state index is 0. The number of hydrogen-bond donors (Lipinski definition) is 1. The van der Waals surface area contributed by atoms with Crippen LogP contribution in [0.2, 0.25) is 0 Å². The van der Waals surface area contributed by atoms with Crippen LogP contribution in [0.15, 0.2) is 60.8 Å². The minimum atomic E-state index is 0. The van der Waals surface area contributed by atoms with Gasteiger partial charge in [-0.15, -0.1) is 12.4 Å². The summed E-state index contributed by atoms with van der Waals surface area (Å²) in [5, 5.41) is 8.13.